The molecule has 3 aromatic rings. The van der Waals surface area contributed by atoms with E-state index in [1.165, 1.54) is 12.1 Å². The Bertz CT molecular complexity index is 851. The van der Waals surface area contributed by atoms with Crippen LogP contribution in [0, 0.1) is 0 Å². The Morgan fingerprint density at radius 3 is 2.33 bits per heavy atom. The van der Waals surface area contributed by atoms with Gasteiger partial charge < -0.3 is 9.67 Å². The molecule has 1 aromatic heterocycles. The van der Waals surface area contributed by atoms with Crippen LogP contribution in [0.4, 0.5) is 5.69 Å². The van der Waals surface area contributed by atoms with Gasteiger partial charge >= 0.3 is 5.97 Å². The Balaban J connectivity index is 1.70. The number of imidazole rings is 1. The molecule has 0 aliphatic heterocycles. The monoisotopic (exact) mass is 320 g/mol. The predicted molar refractivity (Wildman–Crippen MR) is 92.8 cm³/mol. The lowest BCUT2D eigenvalue weighted by Crippen LogP contribution is -2.01. The van der Waals surface area contributed by atoms with Crippen molar-refractivity contribution in [1.29, 1.82) is 0 Å². The van der Waals surface area contributed by atoms with Crippen molar-refractivity contribution in [2.75, 3.05) is 5.43 Å². The predicted octanol–water partition coefficient (Wildman–Crippen LogP) is 3.41. The lowest BCUT2D eigenvalue weighted by Gasteiger charge is -2.06. The molecule has 6 nitrogen and oxygen atoms in total. The van der Waals surface area contributed by atoms with Gasteiger partial charge in [0.15, 0.2) is 0 Å². The number of rotatable bonds is 5. The molecule has 2 aromatic carbocycles. The van der Waals surface area contributed by atoms with Crippen LogP contribution in [0.3, 0.4) is 0 Å². The standard InChI is InChI=1S/C18H16N4O2/c1-13(20-21-16-6-2-15(3-7-16)18(23)24)14-4-8-17(9-5-14)22-11-10-19-12-22/h2-12,21H,1H3,(H,23,24)/b20-13-. The van der Waals surface area contributed by atoms with Gasteiger partial charge in [-0.2, -0.15) is 5.10 Å². The van der Waals surface area contributed by atoms with Crippen LogP contribution < -0.4 is 5.43 Å². The van der Waals surface area contributed by atoms with Gasteiger partial charge in [-0.3, -0.25) is 5.43 Å². The van der Waals surface area contributed by atoms with E-state index in [-0.39, 0.29) is 5.56 Å². The number of nitrogens with one attached hydrogen (secondary N) is 1. The molecule has 120 valence electrons. The summed E-state index contributed by atoms with van der Waals surface area (Å²) in [6.45, 7) is 1.91. The van der Waals surface area contributed by atoms with Crippen molar-refractivity contribution < 1.29 is 9.90 Å². The molecular formula is C18H16N4O2. The minimum Gasteiger partial charge on any atom is -0.478 e. The van der Waals surface area contributed by atoms with E-state index < -0.39 is 5.97 Å². The van der Waals surface area contributed by atoms with E-state index in [4.69, 9.17) is 5.11 Å². The number of hydrazone groups is 1. The molecule has 0 atom stereocenters. The topological polar surface area (TPSA) is 79.5 Å². The van der Waals surface area contributed by atoms with Crippen LogP contribution in [0.5, 0.6) is 0 Å². The third-order valence-corrected chi connectivity index (χ3v) is 3.57. The summed E-state index contributed by atoms with van der Waals surface area (Å²) in [5.74, 6) is -0.945. The summed E-state index contributed by atoms with van der Waals surface area (Å²) in [4.78, 5) is 14.9. The summed E-state index contributed by atoms with van der Waals surface area (Å²) in [7, 11) is 0. The molecule has 2 N–H and O–H groups in total. The summed E-state index contributed by atoms with van der Waals surface area (Å²) >= 11 is 0. The number of carboxylic acid groups (broad SMARTS) is 1. The van der Waals surface area contributed by atoms with Crippen molar-refractivity contribution in [1.82, 2.24) is 9.55 Å². The van der Waals surface area contributed by atoms with Gasteiger partial charge in [-0.15, -0.1) is 0 Å². The highest BCUT2D eigenvalue weighted by atomic mass is 16.4. The first-order chi connectivity index (χ1) is 11.6. The lowest BCUT2D eigenvalue weighted by molar-refractivity contribution is 0.0697. The van der Waals surface area contributed by atoms with Gasteiger partial charge in [0, 0.05) is 18.1 Å². The maximum atomic E-state index is 10.8. The third-order valence-electron chi connectivity index (χ3n) is 3.57. The largest absolute Gasteiger partial charge is 0.478 e. The van der Waals surface area contributed by atoms with Crippen LogP contribution in [0.25, 0.3) is 5.69 Å². The second-order valence-electron chi connectivity index (χ2n) is 5.21. The Morgan fingerprint density at radius 1 is 1.08 bits per heavy atom. The Hall–Kier alpha value is -3.41. The van der Waals surface area contributed by atoms with Gasteiger partial charge in [0.25, 0.3) is 0 Å². The molecule has 0 radical (unpaired) electrons. The van der Waals surface area contributed by atoms with E-state index in [1.54, 1.807) is 24.7 Å². The second kappa shape index (κ2) is 6.78. The molecule has 0 fully saturated rings. The highest BCUT2D eigenvalue weighted by Crippen LogP contribution is 2.12. The zero-order valence-corrected chi connectivity index (χ0v) is 13.0. The van der Waals surface area contributed by atoms with E-state index in [9.17, 15) is 4.79 Å². The fourth-order valence-electron chi connectivity index (χ4n) is 2.19. The SMILES string of the molecule is C/C(=N/Nc1ccc(C(=O)O)cc1)c1ccc(-n2ccnc2)cc1. The van der Waals surface area contributed by atoms with Gasteiger partial charge in [0.2, 0.25) is 0 Å². The number of carbonyl (C=O) groups is 1. The van der Waals surface area contributed by atoms with Gasteiger partial charge in [0.05, 0.1) is 23.3 Å². The first-order valence-electron chi connectivity index (χ1n) is 7.36. The molecule has 1 heterocycles. The molecule has 0 bridgehead atoms. The highest BCUT2D eigenvalue weighted by molar-refractivity contribution is 5.99. The molecule has 0 amide bonds. The Morgan fingerprint density at radius 2 is 1.75 bits per heavy atom. The Kier molecular flexibility index (Phi) is 4.38. The van der Waals surface area contributed by atoms with E-state index in [1.807, 2.05) is 42.0 Å². The van der Waals surface area contributed by atoms with Crippen molar-refractivity contribution in [2.45, 2.75) is 6.92 Å². The summed E-state index contributed by atoms with van der Waals surface area (Å²) < 4.78 is 1.93. The molecule has 0 unspecified atom stereocenters. The normalized spacial score (nSPS) is 11.3. The van der Waals surface area contributed by atoms with Crippen LogP contribution in [0.15, 0.2) is 72.4 Å². The minimum absolute atomic E-state index is 0.247. The number of hydrogen-bond acceptors (Lipinski definition) is 4. The van der Waals surface area contributed by atoms with E-state index in [0.717, 1.165) is 22.6 Å². The zero-order valence-electron chi connectivity index (χ0n) is 13.0. The Labute approximate surface area is 139 Å². The first-order valence-corrected chi connectivity index (χ1v) is 7.36. The van der Waals surface area contributed by atoms with Crippen molar-refractivity contribution >= 4 is 17.4 Å². The fraction of sp³-hybridized carbons (Fsp3) is 0.0556. The number of carboxylic acids is 1. The zero-order chi connectivity index (χ0) is 16.9. The van der Waals surface area contributed by atoms with Gasteiger partial charge in [-0.1, -0.05) is 12.1 Å². The van der Waals surface area contributed by atoms with E-state index in [0.29, 0.717) is 0 Å². The molecule has 0 aliphatic rings. The number of aromatic carboxylic acids is 1. The lowest BCUT2D eigenvalue weighted by atomic mass is 10.1. The number of hydrogen-bond donors (Lipinski definition) is 2. The van der Waals surface area contributed by atoms with Gasteiger partial charge in [-0.05, 0) is 48.9 Å². The number of aromatic nitrogens is 2. The summed E-state index contributed by atoms with van der Waals surface area (Å²) in [6, 6.07) is 14.4. The van der Waals surface area contributed by atoms with Crippen molar-refractivity contribution in [2.24, 2.45) is 5.10 Å². The summed E-state index contributed by atoms with van der Waals surface area (Å²) in [5.41, 5.74) is 6.76. The van der Waals surface area contributed by atoms with Crippen LogP contribution >= 0.6 is 0 Å². The van der Waals surface area contributed by atoms with Crippen LogP contribution in [0.1, 0.15) is 22.8 Å². The highest BCUT2D eigenvalue weighted by Gasteiger charge is 2.02. The number of benzene rings is 2. The number of nitrogens with zero attached hydrogens (tertiary/aromatic N) is 3. The van der Waals surface area contributed by atoms with Crippen LogP contribution in [-0.4, -0.2) is 26.3 Å². The van der Waals surface area contributed by atoms with Gasteiger partial charge in [0.1, 0.15) is 0 Å². The smallest absolute Gasteiger partial charge is 0.335 e. The maximum absolute atomic E-state index is 10.8. The van der Waals surface area contributed by atoms with Crippen LogP contribution in [-0.2, 0) is 0 Å². The fourth-order valence-corrected chi connectivity index (χ4v) is 2.19. The molecule has 0 aliphatic carbocycles. The molecule has 6 heteroatoms. The third kappa shape index (κ3) is 3.49. The quantitative estimate of drug-likeness (QED) is 0.558. The molecular weight excluding hydrogens is 304 g/mol. The van der Waals surface area contributed by atoms with Crippen molar-refractivity contribution in [3.8, 4) is 5.69 Å². The summed E-state index contributed by atoms with van der Waals surface area (Å²) in [5, 5.41) is 13.2. The molecule has 0 spiro atoms. The maximum Gasteiger partial charge on any atom is 0.335 e. The average molecular weight is 320 g/mol. The number of anilines is 1. The molecule has 0 saturated heterocycles. The van der Waals surface area contributed by atoms with Gasteiger partial charge in [-0.25, -0.2) is 9.78 Å². The average Bonchev–Trinajstić information content (AvgIpc) is 3.15. The molecule has 3 rings (SSSR count). The van der Waals surface area contributed by atoms with Crippen molar-refractivity contribution in [3.05, 3.63) is 78.4 Å². The summed E-state index contributed by atoms with van der Waals surface area (Å²) in [6.07, 6.45) is 5.37. The first kappa shape index (κ1) is 15.5. The van der Waals surface area contributed by atoms with E-state index in [2.05, 4.69) is 15.5 Å². The molecule has 0 saturated carbocycles. The minimum atomic E-state index is -0.945. The van der Waals surface area contributed by atoms with E-state index >= 15 is 0 Å². The van der Waals surface area contributed by atoms with Crippen LogP contribution in [0.2, 0.25) is 0 Å². The van der Waals surface area contributed by atoms with Crippen molar-refractivity contribution in [3.63, 3.8) is 0 Å². The molecule has 24 heavy (non-hydrogen) atoms. The second-order valence-corrected chi connectivity index (χ2v) is 5.21.